The number of hydrogen-bond donors (Lipinski definition) is 2. The van der Waals surface area contributed by atoms with E-state index in [1.807, 2.05) is 0 Å². The number of unbranched alkanes of at least 4 members (excludes halogenated alkanes) is 1. The van der Waals surface area contributed by atoms with E-state index in [-0.39, 0.29) is 0 Å². The monoisotopic (exact) mass is 154 g/mol. The molecule has 0 saturated heterocycles. The van der Waals surface area contributed by atoms with Gasteiger partial charge in [0.15, 0.2) is 0 Å². The summed E-state index contributed by atoms with van der Waals surface area (Å²) in [6.45, 7) is 2.99. The molecule has 0 aliphatic carbocycles. The third kappa shape index (κ3) is 1.63. The summed E-state index contributed by atoms with van der Waals surface area (Å²) in [5, 5.41) is 4.02. The molecule has 4 N–H and O–H groups in total. The maximum absolute atomic E-state index is 5.62. The predicted octanol–water partition coefficient (Wildman–Crippen LogP) is 0.848. The highest BCUT2D eigenvalue weighted by Gasteiger charge is 2.01. The maximum atomic E-state index is 5.62. The lowest BCUT2D eigenvalue weighted by Crippen LogP contribution is -2.05. The molecule has 0 unspecified atom stereocenters. The van der Waals surface area contributed by atoms with Gasteiger partial charge < -0.3 is 11.5 Å². The van der Waals surface area contributed by atoms with Gasteiger partial charge in [0.1, 0.15) is 5.82 Å². The Morgan fingerprint density at radius 1 is 1.55 bits per heavy atom. The number of nitrogens with two attached hydrogens (primary N) is 2. The highest BCUT2D eigenvalue weighted by Crippen LogP contribution is 2.12. The van der Waals surface area contributed by atoms with Gasteiger partial charge in [-0.2, -0.15) is 5.10 Å². The number of hydrogen-bond acceptors (Lipinski definition) is 3. The highest BCUT2D eigenvalue weighted by atomic mass is 15.3. The van der Waals surface area contributed by atoms with E-state index in [4.69, 9.17) is 11.5 Å². The number of aromatic nitrogens is 2. The summed E-state index contributed by atoms with van der Waals surface area (Å²) in [5.41, 5.74) is 11.7. The van der Waals surface area contributed by atoms with E-state index in [0.717, 1.165) is 19.4 Å². The lowest BCUT2D eigenvalue weighted by Gasteiger charge is -2.01. The Balaban J connectivity index is 2.63. The van der Waals surface area contributed by atoms with Gasteiger partial charge >= 0.3 is 0 Å². The van der Waals surface area contributed by atoms with Crippen molar-refractivity contribution in [2.45, 2.75) is 26.3 Å². The van der Waals surface area contributed by atoms with Crippen LogP contribution in [0.4, 0.5) is 11.5 Å². The summed E-state index contributed by atoms with van der Waals surface area (Å²) < 4.78 is 1.73. The Labute approximate surface area is 66.2 Å². The average molecular weight is 154 g/mol. The van der Waals surface area contributed by atoms with Gasteiger partial charge in [-0.05, 0) is 6.42 Å². The largest absolute Gasteiger partial charge is 0.394 e. The topological polar surface area (TPSA) is 69.9 Å². The lowest BCUT2D eigenvalue weighted by molar-refractivity contribution is 0.579. The molecule has 1 aromatic heterocycles. The summed E-state index contributed by atoms with van der Waals surface area (Å²) in [7, 11) is 0. The van der Waals surface area contributed by atoms with Gasteiger partial charge in [0.05, 0.1) is 11.9 Å². The van der Waals surface area contributed by atoms with Crippen LogP contribution >= 0.6 is 0 Å². The van der Waals surface area contributed by atoms with Crippen LogP contribution in [-0.2, 0) is 6.54 Å². The average Bonchev–Trinajstić information content (AvgIpc) is 2.31. The Hall–Kier alpha value is -1.19. The molecule has 4 heteroatoms. The number of rotatable bonds is 3. The molecule has 0 saturated carbocycles. The SMILES string of the molecule is CCCCn1ncc(N)c1N. The van der Waals surface area contributed by atoms with Gasteiger partial charge in [0, 0.05) is 6.54 Å². The van der Waals surface area contributed by atoms with Crippen molar-refractivity contribution in [3.8, 4) is 0 Å². The molecule has 4 nitrogen and oxygen atoms in total. The standard InChI is InChI=1S/C7H14N4/c1-2-3-4-11-7(9)6(8)5-10-11/h5H,2-4,8-9H2,1H3. The van der Waals surface area contributed by atoms with E-state index in [0.29, 0.717) is 11.5 Å². The Kier molecular flexibility index (Phi) is 2.36. The van der Waals surface area contributed by atoms with Crippen molar-refractivity contribution in [1.82, 2.24) is 9.78 Å². The molecule has 0 fully saturated rings. The van der Waals surface area contributed by atoms with E-state index in [1.54, 1.807) is 10.9 Å². The molecule has 0 spiro atoms. The van der Waals surface area contributed by atoms with Crippen molar-refractivity contribution in [2.75, 3.05) is 11.5 Å². The van der Waals surface area contributed by atoms with Crippen LogP contribution in [0.25, 0.3) is 0 Å². The zero-order valence-electron chi connectivity index (χ0n) is 6.75. The lowest BCUT2D eigenvalue weighted by atomic mass is 10.3. The van der Waals surface area contributed by atoms with Crippen LogP contribution in [0.2, 0.25) is 0 Å². The predicted molar refractivity (Wildman–Crippen MR) is 46.0 cm³/mol. The van der Waals surface area contributed by atoms with Crippen LogP contribution < -0.4 is 11.5 Å². The van der Waals surface area contributed by atoms with E-state index >= 15 is 0 Å². The van der Waals surface area contributed by atoms with Crippen molar-refractivity contribution in [3.05, 3.63) is 6.20 Å². The minimum absolute atomic E-state index is 0.570. The van der Waals surface area contributed by atoms with E-state index in [2.05, 4.69) is 12.0 Å². The molecule has 0 aromatic carbocycles. The molecular weight excluding hydrogens is 140 g/mol. The summed E-state index contributed by atoms with van der Waals surface area (Å²) >= 11 is 0. The molecule has 11 heavy (non-hydrogen) atoms. The number of aryl methyl sites for hydroxylation is 1. The molecule has 0 aliphatic rings. The van der Waals surface area contributed by atoms with Crippen LogP contribution in [0.15, 0.2) is 6.20 Å². The van der Waals surface area contributed by atoms with Gasteiger partial charge in [0.2, 0.25) is 0 Å². The quantitative estimate of drug-likeness (QED) is 0.678. The first-order chi connectivity index (χ1) is 5.25. The van der Waals surface area contributed by atoms with Crippen LogP contribution in [0.1, 0.15) is 19.8 Å². The maximum Gasteiger partial charge on any atom is 0.145 e. The highest BCUT2D eigenvalue weighted by molar-refractivity contribution is 5.56. The van der Waals surface area contributed by atoms with Crippen LogP contribution in [-0.4, -0.2) is 9.78 Å². The Morgan fingerprint density at radius 2 is 2.27 bits per heavy atom. The molecule has 1 heterocycles. The first-order valence-electron chi connectivity index (χ1n) is 3.82. The first-order valence-corrected chi connectivity index (χ1v) is 3.82. The minimum atomic E-state index is 0.570. The zero-order valence-corrected chi connectivity index (χ0v) is 6.75. The molecule has 0 amide bonds. The molecule has 0 radical (unpaired) electrons. The Morgan fingerprint density at radius 3 is 2.73 bits per heavy atom. The fourth-order valence-electron chi connectivity index (χ4n) is 0.895. The minimum Gasteiger partial charge on any atom is -0.394 e. The van der Waals surface area contributed by atoms with Crippen LogP contribution in [0, 0.1) is 0 Å². The second-order valence-corrected chi connectivity index (χ2v) is 2.56. The van der Waals surface area contributed by atoms with Crippen molar-refractivity contribution < 1.29 is 0 Å². The first kappa shape index (κ1) is 7.91. The summed E-state index contributed by atoms with van der Waals surface area (Å²) in [6.07, 6.45) is 3.81. The molecule has 1 aromatic rings. The smallest absolute Gasteiger partial charge is 0.145 e. The van der Waals surface area contributed by atoms with E-state index in [1.165, 1.54) is 0 Å². The second-order valence-electron chi connectivity index (χ2n) is 2.56. The summed E-state index contributed by atoms with van der Waals surface area (Å²) in [4.78, 5) is 0. The van der Waals surface area contributed by atoms with Crippen molar-refractivity contribution in [3.63, 3.8) is 0 Å². The van der Waals surface area contributed by atoms with Crippen molar-refractivity contribution >= 4 is 11.5 Å². The molecule has 62 valence electrons. The van der Waals surface area contributed by atoms with Crippen LogP contribution in [0.3, 0.4) is 0 Å². The summed E-state index contributed by atoms with van der Waals surface area (Å²) in [5.74, 6) is 0.582. The number of anilines is 2. The van der Waals surface area contributed by atoms with Gasteiger partial charge in [-0.3, -0.25) is 0 Å². The molecule has 0 bridgehead atoms. The zero-order chi connectivity index (χ0) is 8.27. The molecule has 1 rings (SSSR count). The third-order valence-corrected chi connectivity index (χ3v) is 1.63. The number of nitrogens with zero attached hydrogens (tertiary/aromatic N) is 2. The van der Waals surface area contributed by atoms with Gasteiger partial charge in [0.25, 0.3) is 0 Å². The van der Waals surface area contributed by atoms with Gasteiger partial charge in [-0.25, -0.2) is 4.68 Å². The van der Waals surface area contributed by atoms with Gasteiger partial charge in [-0.1, -0.05) is 13.3 Å². The second kappa shape index (κ2) is 3.27. The molecule has 0 aliphatic heterocycles. The normalized spacial score (nSPS) is 10.3. The number of nitrogen functional groups attached to an aromatic ring is 2. The van der Waals surface area contributed by atoms with E-state index in [9.17, 15) is 0 Å². The van der Waals surface area contributed by atoms with Crippen molar-refractivity contribution in [2.24, 2.45) is 0 Å². The fourth-order valence-corrected chi connectivity index (χ4v) is 0.895. The van der Waals surface area contributed by atoms with Crippen LogP contribution in [0.5, 0.6) is 0 Å². The Bertz CT molecular complexity index is 228. The van der Waals surface area contributed by atoms with Gasteiger partial charge in [-0.15, -0.1) is 0 Å². The third-order valence-electron chi connectivity index (χ3n) is 1.63. The van der Waals surface area contributed by atoms with Crippen molar-refractivity contribution in [1.29, 1.82) is 0 Å². The van der Waals surface area contributed by atoms with E-state index < -0.39 is 0 Å². The summed E-state index contributed by atoms with van der Waals surface area (Å²) in [6, 6.07) is 0. The molecule has 0 atom stereocenters. The fraction of sp³-hybridized carbons (Fsp3) is 0.571. The molecular formula is C7H14N4.